The summed E-state index contributed by atoms with van der Waals surface area (Å²) >= 11 is 1.26. The molecule has 2 rings (SSSR count). The normalized spacial score (nSPS) is 11.7. The topological polar surface area (TPSA) is 73.0 Å². The minimum Gasteiger partial charge on any atom is -0.375 e. The smallest absolute Gasteiger partial charge is 0.201 e. The summed E-state index contributed by atoms with van der Waals surface area (Å²) in [4.78, 5) is 4.15. The van der Waals surface area contributed by atoms with Gasteiger partial charge < -0.3 is 5.73 Å². The second-order valence-electron chi connectivity index (χ2n) is 2.87. The van der Waals surface area contributed by atoms with Gasteiger partial charge in [0.1, 0.15) is 5.52 Å². The molecular formula is C9H8N2O2S2. The first-order valence-electron chi connectivity index (χ1n) is 4.07. The van der Waals surface area contributed by atoms with E-state index in [9.17, 15) is 8.42 Å². The van der Waals surface area contributed by atoms with Gasteiger partial charge in [-0.15, -0.1) is 0 Å². The Labute approximate surface area is 91.0 Å². The fourth-order valence-electron chi connectivity index (χ4n) is 1.26. The summed E-state index contributed by atoms with van der Waals surface area (Å²) in [7, 11) is -3.46. The molecule has 0 atom stereocenters. The first kappa shape index (κ1) is 10.1. The minimum atomic E-state index is -3.46. The number of rotatable bonds is 2. The average molecular weight is 240 g/mol. The van der Waals surface area contributed by atoms with E-state index in [1.807, 2.05) is 0 Å². The lowest BCUT2D eigenvalue weighted by Crippen LogP contribution is -1.96. The average Bonchev–Trinajstić information content (AvgIpc) is 2.57. The monoisotopic (exact) mass is 240 g/mol. The zero-order valence-electron chi connectivity index (χ0n) is 7.67. The summed E-state index contributed by atoms with van der Waals surface area (Å²) in [6.07, 6.45) is 0. The third kappa shape index (κ3) is 1.62. The molecule has 2 aromatic rings. The number of hydrogen-bond acceptors (Lipinski definition) is 5. The van der Waals surface area contributed by atoms with Crippen LogP contribution >= 0.6 is 11.3 Å². The Hall–Kier alpha value is -1.40. The molecule has 0 amide bonds. The molecular weight excluding hydrogens is 232 g/mol. The Morgan fingerprint density at radius 1 is 1.47 bits per heavy atom. The van der Waals surface area contributed by atoms with Gasteiger partial charge in [-0.1, -0.05) is 24.0 Å². The molecule has 15 heavy (non-hydrogen) atoms. The van der Waals surface area contributed by atoms with E-state index in [1.165, 1.54) is 17.4 Å². The summed E-state index contributed by atoms with van der Waals surface area (Å²) in [5, 5.41) is 1.27. The molecule has 0 fully saturated rings. The van der Waals surface area contributed by atoms with Gasteiger partial charge in [-0.2, -0.15) is 0 Å². The minimum absolute atomic E-state index is 0.156. The lowest BCUT2D eigenvalue weighted by molar-refractivity contribution is 0.605. The molecule has 78 valence electrons. The molecule has 2 N–H and O–H groups in total. The third-order valence-corrected chi connectivity index (χ3v) is 4.16. The van der Waals surface area contributed by atoms with Crippen LogP contribution in [-0.2, 0) is 9.84 Å². The Kier molecular flexibility index (Phi) is 2.24. The van der Waals surface area contributed by atoms with Gasteiger partial charge >= 0.3 is 0 Å². The summed E-state index contributed by atoms with van der Waals surface area (Å²) in [6.45, 7) is 3.28. The van der Waals surface area contributed by atoms with Gasteiger partial charge in [-0.25, -0.2) is 13.4 Å². The first-order valence-corrected chi connectivity index (χ1v) is 6.43. The molecule has 1 heterocycles. The number of aromatic nitrogens is 1. The van der Waals surface area contributed by atoms with Gasteiger partial charge in [0, 0.05) is 5.41 Å². The summed E-state index contributed by atoms with van der Waals surface area (Å²) in [5.74, 6) is 0. The molecule has 0 bridgehead atoms. The van der Waals surface area contributed by atoms with Gasteiger partial charge in [0.2, 0.25) is 9.84 Å². The molecule has 0 aliphatic heterocycles. The van der Waals surface area contributed by atoms with Gasteiger partial charge in [0.15, 0.2) is 5.13 Å². The van der Waals surface area contributed by atoms with Crippen LogP contribution in [0.25, 0.3) is 10.2 Å². The predicted molar refractivity (Wildman–Crippen MR) is 61.4 cm³/mol. The molecule has 0 radical (unpaired) electrons. The van der Waals surface area contributed by atoms with Gasteiger partial charge in [-0.3, -0.25) is 0 Å². The molecule has 0 saturated heterocycles. The Balaban J connectivity index is 2.88. The number of hydrogen-bond donors (Lipinski definition) is 1. The van der Waals surface area contributed by atoms with E-state index in [2.05, 4.69) is 11.6 Å². The van der Waals surface area contributed by atoms with Crippen molar-refractivity contribution in [1.82, 2.24) is 4.98 Å². The quantitative estimate of drug-likeness (QED) is 0.868. The van der Waals surface area contributed by atoms with Crippen molar-refractivity contribution in [2.45, 2.75) is 4.90 Å². The number of thiazole rings is 1. The van der Waals surface area contributed by atoms with Gasteiger partial charge in [0.05, 0.1) is 9.60 Å². The van der Waals surface area contributed by atoms with Crippen molar-refractivity contribution in [2.24, 2.45) is 0 Å². The largest absolute Gasteiger partial charge is 0.375 e. The zero-order valence-corrected chi connectivity index (χ0v) is 9.31. The van der Waals surface area contributed by atoms with Crippen molar-refractivity contribution in [1.29, 1.82) is 0 Å². The highest BCUT2D eigenvalue weighted by Crippen LogP contribution is 2.29. The molecule has 4 nitrogen and oxygen atoms in total. The molecule has 0 spiro atoms. The standard InChI is InChI=1S/C9H8N2O2S2/c1-2-15(12,13)7-5-3-4-6-8(7)11-9(10)14-6/h2-5H,1H2,(H2,10,11). The van der Waals surface area contributed by atoms with Crippen molar-refractivity contribution in [3.05, 3.63) is 30.2 Å². The highest BCUT2D eigenvalue weighted by atomic mass is 32.2. The fraction of sp³-hybridized carbons (Fsp3) is 0. The number of sulfone groups is 1. The molecule has 1 aromatic heterocycles. The van der Waals surface area contributed by atoms with Crippen LogP contribution in [0, 0.1) is 0 Å². The van der Waals surface area contributed by atoms with E-state index < -0.39 is 9.84 Å². The van der Waals surface area contributed by atoms with Gasteiger partial charge in [0.25, 0.3) is 0 Å². The Morgan fingerprint density at radius 3 is 2.87 bits per heavy atom. The molecule has 1 aromatic carbocycles. The van der Waals surface area contributed by atoms with Crippen molar-refractivity contribution in [3.63, 3.8) is 0 Å². The van der Waals surface area contributed by atoms with Crippen LogP contribution in [0.4, 0.5) is 5.13 Å². The second-order valence-corrected chi connectivity index (χ2v) is 5.79. The number of benzene rings is 1. The van der Waals surface area contributed by atoms with Gasteiger partial charge in [-0.05, 0) is 12.1 Å². The van der Waals surface area contributed by atoms with Crippen molar-refractivity contribution >= 4 is 36.5 Å². The highest BCUT2D eigenvalue weighted by Gasteiger charge is 2.16. The van der Waals surface area contributed by atoms with Crippen molar-refractivity contribution in [2.75, 3.05) is 5.73 Å². The molecule has 0 unspecified atom stereocenters. The van der Waals surface area contributed by atoms with E-state index in [-0.39, 0.29) is 4.90 Å². The van der Waals surface area contributed by atoms with Crippen LogP contribution < -0.4 is 5.73 Å². The maximum atomic E-state index is 11.6. The number of fused-ring (bicyclic) bond motifs is 1. The summed E-state index contributed by atoms with van der Waals surface area (Å²) in [5.41, 5.74) is 5.95. The van der Waals surface area contributed by atoms with Crippen LogP contribution in [0.3, 0.4) is 0 Å². The number of nitrogens with two attached hydrogens (primary N) is 1. The fourth-order valence-corrected chi connectivity index (χ4v) is 2.96. The van der Waals surface area contributed by atoms with E-state index in [0.717, 1.165) is 10.1 Å². The van der Waals surface area contributed by atoms with Crippen LogP contribution in [0.1, 0.15) is 0 Å². The van der Waals surface area contributed by atoms with Crippen molar-refractivity contribution in [3.8, 4) is 0 Å². The summed E-state index contributed by atoms with van der Waals surface area (Å²) < 4.78 is 24.0. The highest BCUT2D eigenvalue weighted by molar-refractivity contribution is 7.94. The number of para-hydroxylation sites is 1. The molecule has 0 aliphatic carbocycles. The molecule has 0 aliphatic rings. The zero-order chi connectivity index (χ0) is 11.1. The number of nitrogen functional groups attached to an aromatic ring is 1. The first-order chi connectivity index (χ1) is 7.04. The van der Waals surface area contributed by atoms with Crippen molar-refractivity contribution < 1.29 is 8.42 Å². The Morgan fingerprint density at radius 2 is 2.20 bits per heavy atom. The van der Waals surface area contributed by atoms with Crippen LogP contribution in [0.5, 0.6) is 0 Å². The number of anilines is 1. The lowest BCUT2D eigenvalue weighted by Gasteiger charge is -1.98. The second kappa shape index (κ2) is 3.32. The molecule has 0 saturated carbocycles. The SMILES string of the molecule is C=CS(=O)(=O)c1cccc2sc(N)nc12. The summed E-state index contributed by atoms with van der Waals surface area (Å²) in [6, 6.07) is 4.94. The van der Waals surface area contributed by atoms with E-state index in [4.69, 9.17) is 5.73 Å². The van der Waals surface area contributed by atoms with Crippen LogP contribution in [0.15, 0.2) is 35.1 Å². The number of nitrogens with zero attached hydrogens (tertiary/aromatic N) is 1. The lowest BCUT2D eigenvalue weighted by atomic mass is 10.3. The molecule has 6 heteroatoms. The Bertz CT molecular complexity index is 629. The van der Waals surface area contributed by atoms with E-state index in [1.54, 1.807) is 12.1 Å². The maximum absolute atomic E-state index is 11.6. The predicted octanol–water partition coefficient (Wildman–Crippen LogP) is 1.80. The van der Waals surface area contributed by atoms with E-state index >= 15 is 0 Å². The maximum Gasteiger partial charge on any atom is 0.201 e. The van der Waals surface area contributed by atoms with Crippen LogP contribution in [-0.4, -0.2) is 13.4 Å². The van der Waals surface area contributed by atoms with E-state index in [0.29, 0.717) is 10.6 Å². The third-order valence-electron chi connectivity index (χ3n) is 1.92. The van der Waals surface area contributed by atoms with Crippen LogP contribution in [0.2, 0.25) is 0 Å².